The van der Waals surface area contributed by atoms with Gasteiger partial charge >= 0.3 is 6.18 Å². The number of nitrogens with two attached hydrogens (primary N) is 1. The number of piperidine rings is 1. The van der Waals surface area contributed by atoms with Crippen molar-refractivity contribution in [2.75, 3.05) is 13.1 Å². The summed E-state index contributed by atoms with van der Waals surface area (Å²) in [7, 11) is 0. The van der Waals surface area contributed by atoms with Crippen molar-refractivity contribution in [1.82, 2.24) is 4.90 Å². The second-order valence-electron chi connectivity index (χ2n) is 11.2. The number of hydrogen-bond acceptors (Lipinski definition) is 2. The molecule has 1 aromatic carbocycles. The minimum absolute atomic E-state index is 0.0415. The molecule has 3 nitrogen and oxygen atoms in total. The maximum absolute atomic E-state index is 14.0. The lowest BCUT2D eigenvalue weighted by Gasteiger charge is -2.65. The highest BCUT2D eigenvalue weighted by Crippen LogP contribution is 2.69. The molecule has 1 aromatic rings. The van der Waals surface area contributed by atoms with Gasteiger partial charge in [0.25, 0.3) is 0 Å². The Bertz CT molecular complexity index is 858. The Morgan fingerprint density at radius 2 is 1.77 bits per heavy atom. The Morgan fingerprint density at radius 1 is 1.06 bits per heavy atom. The van der Waals surface area contributed by atoms with Crippen LogP contribution in [0.1, 0.15) is 63.9 Å². The van der Waals surface area contributed by atoms with Crippen LogP contribution in [-0.2, 0) is 10.2 Å². The quantitative estimate of drug-likeness (QED) is 0.709. The number of fused-ring (bicyclic) bond motifs is 2. The zero-order chi connectivity index (χ0) is 22.1. The number of amides is 1. The Morgan fingerprint density at radius 3 is 2.48 bits per heavy atom. The largest absolute Gasteiger partial charge is 0.394 e. The molecule has 1 amide bonds. The van der Waals surface area contributed by atoms with Gasteiger partial charge in [-0.25, -0.2) is 0 Å². The molecule has 0 aromatic heterocycles. The molecule has 6 atom stereocenters. The van der Waals surface area contributed by atoms with E-state index in [-0.39, 0.29) is 29.7 Å². The van der Waals surface area contributed by atoms with Gasteiger partial charge in [-0.2, -0.15) is 13.2 Å². The van der Waals surface area contributed by atoms with Crippen molar-refractivity contribution < 1.29 is 18.0 Å². The Balaban J connectivity index is 1.49. The summed E-state index contributed by atoms with van der Waals surface area (Å²) in [6.07, 6.45) is 2.60. The third kappa shape index (κ3) is 3.32. The SMILES string of the molecule is C[C@@]12CC3(C(=O)N4CCC(N)C(C(F)(F)F)C4)CCC1CC[C@](c1ccccc1)(C3)C2. The molecule has 31 heavy (non-hydrogen) atoms. The highest BCUT2D eigenvalue weighted by molar-refractivity contribution is 5.83. The van der Waals surface area contributed by atoms with Crippen LogP contribution in [0.2, 0.25) is 0 Å². The van der Waals surface area contributed by atoms with Gasteiger partial charge in [0.05, 0.1) is 11.3 Å². The summed E-state index contributed by atoms with van der Waals surface area (Å²) in [5, 5.41) is 0. The summed E-state index contributed by atoms with van der Waals surface area (Å²) in [6, 6.07) is 9.60. The Hall–Kier alpha value is -1.56. The fourth-order valence-electron chi connectivity index (χ4n) is 8.00. The van der Waals surface area contributed by atoms with Gasteiger partial charge in [0.1, 0.15) is 0 Å². The third-order valence-electron chi connectivity index (χ3n) is 9.30. The molecule has 2 N–H and O–H groups in total. The lowest BCUT2D eigenvalue weighted by Crippen LogP contribution is -2.63. The van der Waals surface area contributed by atoms with Crippen LogP contribution in [0.3, 0.4) is 0 Å². The van der Waals surface area contributed by atoms with Crippen molar-refractivity contribution in [1.29, 1.82) is 0 Å². The summed E-state index contributed by atoms with van der Waals surface area (Å²) in [6.45, 7) is 2.38. The molecule has 0 radical (unpaired) electrons. The van der Waals surface area contributed by atoms with Crippen molar-refractivity contribution in [2.45, 2.75) is 75.9 Å². The van der Waals surface area contributed by atoms with Gasteiger partial charge in [-0.15, -0.1) is 0 Å². The van der Waals surface area contributed by atoms with Crippen LogP contribution in [0, 0.1) is 22.7 Å². The van der Waals surface area contributed by atoms with E-state index in [0.29, 0.717) is 12.5 Å². The molecule has 6 heteroatoms. The molecule has 5 rings (SSSR count). The standard InChI is InChI=1S/C25H33F3N2O/c1-22-14-23(18-5-3-2-4-6-18)10-7-17(22)8-11-24(15-22,16-23)21(31)30-12-9-20(29)19(13-30)25(26,27)28/h2-6,17,19-20H,7-16,29H2,1H3/t17?,19?,20?,22-,23-,24?/m1/s1. The van der Waals surface area contributed by atoms with E-state index in [0.717, 1.165) is 38.5 Å². The van der Waals surface area contributed by atoms with E-state index in [9.17, 15) is 18.0 Å². The minimum atomic E-state index is -4.37. The number of carbonyl (C=O) groups is 1. The molecule has 4 unspecified atom stereocenters. The highest BCUT2D eigenvalue weighted by Gasteiger charge is 2.64. The average molecular weight is 435 g/mol. The molecule has 3 aliphatic carbocycles. The third-order valence-corrected chi connectivity index (χ3v) is 9.30. The van der Waals surface area contributed by atoms with Gasteiger partial charge in [-0.05, 0) is 73.7 Å². The zero-order valence-corrected chi connectivity index (χ0v) is 18.3. The van der Waals surface area contributed by atoms with E-state index < -0.39 is 23.6 Å². The molecule has 4 aliphatic rings. The zero-order valence-electron chi connectivity index (χ0n) is 18.3. The van der Waals surface area contributed by atoms with E-state index in [1.807, 2.05) is 6.07 Å². The van der Waals surface area contributed by atoms with E-state index >= 15 is 0 Å². The minimum Gasteiger partial charge on any atom is -0.341 e. The maximum atomic E-state index is 14.0. The lowest BCUT2D eigenvalue weighted by molar-refractivity contribution is -0.198. The summed E-state index contributed by atoms with van der Waals surface area (Å²) in [5.74, 6) is -1.05. The number of benzene rings is 1. The predicted octanol–water partition coefficient (Wildman–Crippen LogP) is 5.04. The maximum Gasteiger partial charge on any atom is 0.394 e. The van der Waals surface area contributed by atoms with Crippen LogP contribution in [0.15, 0.2) is 30.3 Å². The van der Waals surface area contributed by atoms with Crippen molar-refractivity contribution in [3.63, 3.8) is 0 Å². The van der Waals surface area contributed by atoms with E-state index in [1.54, 1.807) is 0 Å². The van der Waals surface area contributed by atoms with Gasteiger partial charge in [-0.3, -0.25) is 4.79 Å². The molecule has 170 valence electrons. The monoisotopic (exact) mass is 434 g/mol. The Kier molecular flexibility index (Phi) is 4.79. The number of rotatable bonds is 2. The van der Waals surface area contributed by atoms with Crippen LogP contribution in [0.4, 0.5) is 13.2 Å². The number of likely N-dealkylation sites (tertiary alicyclic amines) is 1. The normalized spacial score (nSPS) is 42.5. The van der Waals surface area contributed by atoms with Crippen LogP contribution < -0.4 is 5.73 Å². The number of hydrogen-bond donors (Lipinski definition) is 1. The fraction of sp³-hybridized carbons (Fsp3) is 0.720. The average Bonchev–Trinajstić information content (AvgIpc) is 2.71. The van der Waals surface area contributed by atoms with E-state index in [2.05, 4.69) is 31.2 Å². The number of alkyl halides is 3. The molecule has 3 saturated carbocycles. The molecule has 1 heterocycles. The first-order valence-electron chi connectivity index (χ1n) is 11.7. The molecule has 1 aliphatic heterocycles. The summed E-state index contributed by atoms with van der Waals surface area (Å²) in [5.41, 5.74) is 6.60. The molecular weight excluding hydrogens is 401 g/mol. The van der Waals surface area contributed by atoms with Crippen LogP contribution in [-0.4, -0.2) is 36.1 Å². The second-order valence-corrected chi connectivity index (χ2v) is 11.2. The molecule has 1 saturated heterocycles. The first-order chi connectivity index (χ1) is 14.6. The van der Waals surface area contributed by atoms with Crippen molar-refractivity contribution in [3.05, 3.63) is 35.9 Å². The summed E-state index contributed by atoms with van der Waals surface area (Å²) >= 11 is 0. The van der Waals surface area contributed by atoms with Crippen LogP contribution in [0.25, 0.3) is 0 Å². The molecule has 0 spiro atoms. The predicted molar refractivity (Wildman–Crippen MR) is 113 cm³/mol. The van der Waals surface area contributed by atoms with Gasteiger partial charge in [0.2, 0.25) is 5.91 Å². The van der Waals surface area contributed by atoms with Gasteiger partial charge in [-0.1, -0.05) is 37.3 Å². The van der Waals surface area contributed by atoms with Crippen molar-refractivity contribution >= 4 is 5.91 Å². The van der Waals surface area contributed by atoms with Crippen molar-refractivity contribution in [3.8, 4) is 0 Å². The summed E-state index contributed by atoms with van der Waals surface area (Å²) < 4.78 is 40.7. The van der Waals surface area contributed by atoms with Gasteiger partial charge in [0.15, 0.2) is 0 Å². The Labute approximate surface area is 182 Å². The smallest absolute Gasteiger partial charge is 0.341 e. The second kappa shape index (κ2) is 6.97. The number of nitrogens with zero attached hydrogens (tertiary/aromatic N) is 1. The first kappa shape index (κ1) is 21.3. The van der Waals surface area contributed by atoms with Crippen LogP contribution >= 0.6 is 0 Å². The molecule has 3 bridgehead atoms. The number of carbonyl (C=O) groups excluding carboxylic acids is 1. The topological polar surface area (TPSA) is 46.3 Å². The highest BCUT2D eigenvalue weighted by atomic mass is 19.4. The van der Waals surface area contributed by atoms with Crippen molar-refractivity contribution in [2.24, 2.45) is 28.4 Å². The molecule has 4 fully saturated rings. The first-order valence-corrected chi connectivity index (χ1v) is 11.7. The van der Waals surface area contributed by atoms with Crippen LogP contribution in [0.5, 0.6) is 0 Å². The lowest BCUT2D eigenvalue weighted by atomic mass is 9.40. The summed E-state index contributed by atoms with van der Waals surface area (Å²) in [4.78, 5) is 15.5. The van der Waals surface area contributed by atoms with Gasteiger partial charge < -0.3 is 10.6 Å². The molecular formula is C25H33F3N2O. The van der Waals surface area contributed by atoms with E-state index in [4.69, 9.17) is 5.73 Å². The van der Waals surface area contributed by atoms with E-state index in [1.165, 1.54) is 16.9 Å². The number of halogens is 3. The fourth-order valence-corrected chi connectivity index (χ4v) is 8.00. The van der Waals surface area contributed by atoms with Gasteiger partial charge in [0, 0.05) is 19.1 Å².